The fraction of sp³-hybridized carbons (Fsp3) is 0.750. The Morgan fingerprint density at radius 2 is 2.71 bits per heavy atom. The molecule has 1 heterocycles. The number of thioether (sulfide) groups is 1. The molecule has 1 rings (SSSR count). The highest BCUT2D eigenvalue weighted by molar-refractivity contribution is 7.99. The number of rotatable bonds is 0. The molecule has 0 saturated heterocycles. The fourth-order valence-electron chi connectivity index (χ4n) is 0.346. The fourth-order valence-corrected chi connectivity index (χ4v) is 0.948. The van der Waals surface area contributed by atoms with Crippen LogP contribution in [0, 0.1) is 0 Å². The molecular formula is C4H7NOS. The zero-order chi connectivity index (χ0) is 5.11. The molecule has 0 saturated carbocycles. The van der Waals surface area contributed by atoms with E-state index >= 15 is 0 Å². The van der Waals surface area contributed by atoms with Gasteiger partial charge in [-0.05, 0) is 0 Å². The quantitative estimate of drug-likeness (QED) is 0.473. The minimum atomic E-state index is 0.773. The van der Waals surface area contributed by atoms with Crippen LogP contribution < -0.4 is 0 Å². The summed E-state index contributed by atoms with van der Waals surface area (Å²) in [6.07, 6.45) is 0. The van der Waals surface area contributed by atoms with Gasteiger partial charge in [0.2, 0.25) is 0 Å². The molecule has 0 amide bonds. The van der Waals surface area contributed by atoms with E-state index in [1.807, 2.05) is 6.92 Å². The molecule has 0 unspecified atom stereocenters. The Labute approximate surface area is 47.0 Å². The Morgan fingerprint density at radius 1 is 1.86 bits per heavy atom. The maximum Gasteiger partial charge on any atom is 0.181 e. The van der Waals surface area contributed by atoms with Crippen LogP contribution in [-0.4, -0.2) is 17.7 Å². The summed E-state index contributed by atoms with van der Waals surface area (Å²) in [7, 11) is 0. The highest BCUT2D eigenvalue weighted by Crippen LogP contribution is 2.06. The van der Waals surface area contributed by atoms with Crippen LogP contribution in [0.4, 0.5) is 0 Å². The van der Waals surface area contributed by atoms with E-state index in [1.165, 1.54) is 0 Å². The number of nitrogens with zero attached hydrogens (tertiary/aromatic N) is 1. The molecule has 2 nitrogen and oxygen atoms in total. The van der Waals surface area contributed by atoms with Gasteiger partial charge < -0.3 is 4.74 Å². The maximum absolute atomic E-state index is 4.99. The van der Waals surface area contributed by atoms with Crippen molar-refractivity contribution in [1.29, 1.82) is 0 Å². The lowest BCUT2D eigenvalue weighted by Gasteiger charge is -2.07. The summed E-state index contributed by atoms with van der Waals surface area (Å²) in [6, 6.07) is 0. The molecule has 0 aromatic carbocycles. The van der Waals surface area contributed by atoms with Gasteiger partial charge in [-0.15, -0.1) is 0 Å². The molecule has 0 fully saturated rings. The molecule has 0 aliphatic carbocycles. The summed E-state index contributed by atoms with van der Waals surface area (Å²) in [5.41, 5.74) is 0. The molecule has 0 bridgehead atoms. The van der Waals surface area contributed by atoms with Gasteiger partial charge in [0.15, 0.2) is 5.90 Å². The van der Waals surface area contributed by atoms with Crippen molar-refractivity contribution in [2.75, 3.05) is 11.8 Å². The Balaban J connectivity index is 2.40. The molecule has 1 aliphatic heterocycles. The summed E-state index contributed by atoms with van der Waals surface area (Å²) in [6.45, 7) is 1.87. The third-order valence-corrected chi connectivity index (χ3v) is 1.33. The summed E-state index contributed by atoms with van der Waals surface area (Å²) < 4.78 is 4.99. The van der Waals surface area contributed by atoms with E-state index in [9.17, 15) is 0 Å². The predicted molar refractivity (Wildman–Crippen MR) is 31.5 cm³/mol. The molecule has 0 aromatic rings. The minimum Gasteiger partial charge on any atom is -0.470 e. The zero-order valence-corrected chi connectivity index (χ0v) is 4.99. The largest absolute Gasteiger partial charge is 0.470 e. The highest BCUT2D eigenvalue weighted by Gasteiger charge is 1.96. The first kappa shape index (κ1) is 4.97. The van der Waals surface area contributed by atoms with E-state index in [0.717, 1.165) is 17.7 Å². The van der Waals surface area contributed by atoms with Crippen molar-refractivity contribution in [1.82, 2.24) is 0 Å². The van der Waals surface area contributed by atoms with Gasteiger partial charge in [0, 0.05) is 6.92 Å². The lowest BCUT2D eigenvalue weighted by atomic mass is 10.8. The van der Waals surface area contributed by atoms with E-state index in [-0.39, 0.29) is 0 Å². The first-order chi connectivity index (χ1) is 3.39. The van der Waals surface area contributed by atoms with E-state index < -0.39 is 0 Å². The molecule has 40 valence electrons. The average molecular weight is 117 g/mol. The standard InChI is InChI=1S/C4H7NOS/c1-4-5-2-7-3-6-4/h2-3H2,1H3. The van der Waals surface area contributed by atoms with Crippen LogP contribution in [0.1, 0.15) is 6.92 Å². The predicted octanol–water partition coefficient (Wildman–Crippen LogP) is 1.08. The smallest absolute Gasteiger partial charge is 0.181 e. The van der Waals surface area contributed by atoms with Crippen LogP contribution in [0.25, 0.3) is 0 Å². The van der Waals surface area contributed by atoms with Crippen molar-refractivity contribution in [2.24, 2.45) is 4.99 Å². The SMILES string of the molecule is CC1=NCSCO1. The molecule has 0 atom stereocenters. The van der Waals surface area contributed by atoms with Gasteiger partial charge >= 0.3 is 0 Å². The topological polar surface area (TPSA) is 21.6 Å². The molecule has 0 aromatic heterocycles. The molecule has 1 aliphatic rings. The van der Waals surface area contributed by atoms with Gasteiger partial charge in [-0.3, -0.25) is 0 Å². The second-order valence-electron chi connectivity index (χ2n) is 1.27. The number of hydrogen-bond acceptors (Lipinski definition) is 3. The van der Waals surface area contributed by atoms with Crippen LogP contribution in [0.3, 0.4) is 0 Å². The zero-order valence-electron chi connectivity index (χ0n) is 4.18. The van der Waals surface area contributed by atoms with Crippen molar-refractivity contribution >= 4 is 17.7 Å². The second kappa shape index (κ2) is 2.21. The lowest BCUT2D eigenvalue weighted by Crippen LogP contribution is -2.04. The summed E-state index contributed by atoms with van der Waals surface area (Å²) >= 11 is 1.69. The van der Waals surface area contributed by atoms with Crippen molar-refractivity contribution < 1.29 is 4.74 Å². The van der Waals surface area contributed by atoms with E-state index in [2.05, 4.69) is 4.99 Å². The van der Waals surface area contributed by atoms with Gasteiger partial charge in [0.25, 0.3) is 0 Å². The van der Waals surface area contributed by atoms with Crippen molar-refractivity contribution in [3.8, 4) is 0 Å². The third kappa shape index (κ3) is 1.39. The van der Waals surface area contributed by atoms with Gasteiger partial charge in [0.05, 0.1) is 5.88 Å². The molecule has 0 N–H and O–H groups in total. The maximum atomic E-state index is 4.99. The van der Waals surface area contributed by atoms with E-state index in [4.69, 9.17) is 4.74 Å². The number of aliphatic imine (C=N–C) groups is 1. The van der Waals surface area contributed by atoms with Crippen LogP contribution in [-0.2, 0) is 4.74 Å². The molecule has 0 spiro atoms. The Morgan fingerprint density at radius 3 is 3.00 bits per heavy atom. The Kier molecular flexibility index (Phi) is 1.57. The Bertz CT molecular complexity index is 91.7. The van der Waals surface area contributed by atoms with E-state index in [1.54, 1.807) is 11.8 Å². The summed E-state index contributed by atoms with van der Waals surface area (Å²) in [4.78, 5) is 3.99. The van der Waals surface area contributed by atoms with Crippen LogP contribution >= 0.6 is 11.8 Å². The van der Waals surface area contributed by atoms with Gasteiger partial charge in [-0.25, -0.2) is 4.99 Å². The normalized spacial score (nSPS) is 20.4. The summed E-state index contributed by atoms with van der Waals surface area (Å²) in [5, 5.41) is 0. The van der Waals surface area contributed by atoms with E-state index in [0.29, 0.717) is 0 Å². The number of ether oxygens (including phenoxy) is 1. The van der Waals surface area contributed by atoms with Crippen LogP contribution in [0.5, 0.6) is 0 Å². The first-order valence-electron chi connectivity index (χ1n) is 2.11. The minimum absolute atomic E-state index is 0.773. The third-order valence-electron chi connectivity index (χ3n) is 0.730. The second-order valence-corrected chi connectivity index (χ2v) is 2.17. The van der Waals surface area contributed by atoms with Crippen LogP contribution in [0.2, 0.25) is 0 Å². The van der Waals surface area contributed by atoms with Crippen molar-refractivity contribution in [3.63, 3.8) is 0 Å². The monoisotopic (exact) mass is 117 g/mol. The number of hydrogen-bond donors (Lipinski definition) is 0. The average Bonchev–Trinajstić information content (AvgIpc) is 1.69. The van der Waals surface area contributed by atoms with Crippen LogP contribution in [0.15, 0.2) is 4.99 Å². The molecule has 7 heavy (non-hydrogen) atoms. The highest BCUT2D eigenvalue weighted by atomic mass is 32.2. The lowest BCUT2D eigenvalue weighted by molar-refractivity contribution is 0.372. The van der Waals surface area contributed by atoms with Crippen molar-refractivity contribution in [2.45, 2.75) is 6.92 Å². The van der Waals surface area contributed by atoms with Gasteiger partial charge in [0.1, 0.15) is 5.94 Å². The molecule has 3 heteroatoms. The van der Waals surface area contributed by atoms with Gasteiger partial charge in [-0.1, -0.05) is 11.8 Å². The molecule has 0 radical (unpaired) electrons. The van der Waals surface area contributed by atoms with Gasteiger partial charge in [-0.2, -0.15) is 0 Å². The van der Waals surface area contributed by atoms with Crippen molar-refractivity contribution in [3.05, 3.63) is 0 Å². The first-order valence-corrected chi connectivity index (χ1v) is 3.26. The molecular weight excluding hydrogens is 110 g/mol. The Hall–Kier alpha value is -0.180. The summed E-state index contributed by atoms with van der Waals surface area (Å²) in [5.74, 6) is 2.46.